The Morgan fingerprint density at radius 3 is 2.73 bits per heavy atom. The molecule has 0 aliphatic carbocycles. The zero-order valence-corrected chi connectivity index (χ0v) is 9.89. The smallest absolute Gasteiger partial charge is 0.146 e. The molecule has 4 heteroatoms. The lowest BCUT2D eigenvalue weighted by Crippen LogP contribution is -2.19. The van der Waals surface area contributed by atoms with E-state index in [1.807, 2.05) is 6.07 Å². The van der Waals surface area contributed by atoms with Crippen LogP contribution < -0.4 is 5.32 Å². The first-order valence-corrected chi connectivity index (χ1v) is 5.10. The highest BCUT2D eigenvalue weighted by Crippen LogP contribution is 2.24. The normalized spacial score (nSPS) is 10.9. The summed E-state index contributed by atoms with van der Waals surface area (Å²) >= 11 is 5.99. The van der Waals surface area contributed by atoms with Crippen molar-refractivity contribution < 1.29 is 0 Å². The zero-order chi connectivity index (χ0) is 11.5. The van der Waals surface area contributed by atoms with E-state index in [4.69, 9.17) is 16.9 Å². The maximum Gasteiger partial charge on any atom is 0.146 e. The molecule has 0 radical (unpaired) electrons. The highest BCUT2D eigenvalue weighted by molar-refractivity contribution is 6.34. The highest BCUT2D eigenvalue weighted by atomic mass is 35.5. The molecule has 0 aromatic carbocycles. The van der Waals surface area contributed by atoms with Crippen molar-refractivity contribution in [3.05, 3.63) is 22.8 Å². The first-order valence-electron chi connectivity index (χ1n) is 4.72. The molecule has 0 unspecified atom stereocenters. The van der Waals surface area contributed by atoms with Crippen LogP contribution in [0.2, 0.25) is 5.02 Å². The Morgan fingerprint density at radius 2 is 2.20 bits per heavy atom. The molecule has 0 saturated carbocycles. The maximum atomic E-state index is 8.78. The first kappa shape index (κ1) is 11.8. The van der Waals surface area contributed by atoms with Gasteiger partial charge < -0.3 is 5.32 Å². The minimum atomic E-state index is 0.146. The van der Waals surface area contributed by atoms with Gasteiger partial charge >= 0.3 is 0 Å². The molecule has 0 atom stereocenters. The molecule has 1 N–H and O–H groups in total. The average Bonchev–Trinajstić information content (AvgIpc) is 2.15. The third kappa shape index (κ3) is 3.41. The van der Waals surface area contributed by atoms with Gasteiger partial charge in [-0.15, -0.1) is 0 Å². The fourth-order valence-corrected chi connectivity index (χ4v) is 1.22. The number of aromatic nitrogens is 1. The summed E-state index contributed by atoms with van der Waals surface area (Å²) in [5.41, 5.74) is 0.594. The molecular formula is C11H14ClN3. The maximum absolute atomic E-state index is 8.78. The van der Waals surface area contributed by atoms with Gasteiger partial charge in [0.05, 0.1) is 5.56 Å². The summed E-state index contributed by atoms with van der Waals surface area (Å²) in [4.78, 5) is 4.10. The summed E-state index contributed by atoms with van der Waals surface area (Å²) in [6.45, 7) is 7.10. The molecule has 0 amide bonds. The highest BCUT2D eigenvalue weighted by Gasteiger charge is 2.12. The summed E-state index contributed by atoms with van der Waals surface area (Å²) in [5.74, 6) is 0.575. The molecule has 1 rings (SSSR count). The second-order valence-corrected chi connectivity index (χ2v) is 4.93. The standard InChI is InChI=1S/C11H14ClN3/c1-11(2,3)7-15-10-9(12)8(6-13)4-5-14-10/h4-5H,7H2,1-3H3,(H,14,15). The van der Waals surface area contributed by atoms with Crippen LogP contribution in [0.25, 0.3) is 0 Å². The molecule has 0 aliphatic heterocycles. The van der Waals surface area contributed by atoms with Crippen molar-refractivity contribution >= 4 is 17.4 Å². The molecule has 0 aliphatic rings. The van der Waals surface area contributed by atoms with Gasteiger partial charge in [0, 0.05) is 12.7 Å². The quantitative estimate of drug-likeness (QED) is 0.838. The molecule has 15 heavy (non-hydrogen) atoms. The van der Waals surface area contributed by atoms with E-state index in [-0.39, 0.29) is 5.41 Å². The van der Waals surface area contributed by atoms with Crippen molar-refractivity contribution in [2.24, 2.45) is 5.41 Å². The number of nitrogens with zero attached hydrogens (tertiary/aromatic N) is 2. The Morgan fingerprint density at radius 1 is 1.53 bits per heavy atom. The van der Waals surface area contributed by atoms with Gasteiger partial charge in [-0.2, -0.15) is 5.26 Å². The van der Waals surface area contributed by atoms with Crippen LogP contribution in [0.4, 0.5) is 5.82 Å². The van der Waals surface area contributed by atoms with Gasteiger partial charge in [0.2, 0.25) is 0 Å². The number of hydrogen-bond acceptors (Lipinski definition) is 3. The first-order chi connectivity index (χ1) is 6.94. The van der Waals surface area contributed by atoms with Crippen LogP contribution in [0.1, 0.15) is 26.3 Å². The van der Waals surface area contributed by atoms with Gasteiger partial charge in [-0.05, 0) is 11.5 Å². The molecule has 0 saturated heterocycles. The fourth-order valence-electron chi connectivity index (χ4n) is 1.00. The second kappa shape index (κ2) is 4.50. The summed E-state index contributed by atoms with van der Waals surface area (Å²) in [7, 11) is 0. The topological polar surface area (TPSA) is 48.7 Å². The Hall–Kier alpha value is -1.27. The van der Waals surface area contributed by atoms with Crippen LogP contribution in [0.5, 0.6) is 0 Å². The van der Waals surface area contributed by atoms with Crippen molar-refractivity contribution in [2.75, 3.05) is 11.9 Å². The summed E-state index contributed by atoms with van der Waals surface area (Å²) in [6.07, 6.45) is 1.58. The van der Waals surface area contributed by atoms with Crippen molar-refractivity contribution in [3.8, 4) is 6.07 Å². The SMILES string of the molecule is CC(C)(C)CNc1nccc(C#N)c1Cl. The molecule has 1 aromatic heterocycles. The van der Waals surface area contributed by atoms with E-state index in [2.05, 4.69) is 31.1 Å². The van der Waals surface area contributed by atoms with E-state index in [1.165, 1.54) is 0 Å². The van der Waals surface area contributed by atoms with Crippen molar-refractivity contribution in [1.29, 1.82) is 5.26 Å². The monoisotopic (exact) mass is 223 g/mol. The summed E-state index contributed by atoms with van der Waals surface area (Å²) in [6, 6.07) is 3.62. The largest absolute Gasteiger partial charge is 0.368 e. The Labute approximate surface area is 95.1 Å². The number of nitriles is 1. The van der Waals surface area contributed by atoms with E-state index in [9.17, 15) is 0 Å². The lowest BCUT2D eigenvalue weighted by molar-refractivity contribution is 0.442. The lowest BCUT2D eigenvalue weighted by atomic mass is 9.97. The van der Waals surface area contributed by atoms with Crippen LogP contribution in [0, 0.1) is 16.7 Å². The van der Waals surface area contributed by atoms with Crippen molar-refractivity contribution in [3.63, 3.8) is 0 Å². The van der Waals surface area contributed by atoms with Gasteiger partial charge in [0.1, 0.15) is 16.9 Å². The minimum Gasteiger partial charge on any atom is -0.368 e. The van der Waals surface area contributed by atoms with E-state index in [0.29, 0.717) is 16.4 Å². The fraction of sp³-hybridized carbons (Fsp3) is 0.455. The van der Waals surface area contributed by atoms with Crippen LogP contribution in [0.15, 0.2) is 12.3 Å². The van der Waals surface area contributed by atoms with Gasteiger partial charge in [0.25, 0.3) is 0 Å². The third-order valence-electron chi connectivity index (χ3n) is 1.80. The number of nitrogens with one attached hydrogen (secondary N) is 1. The van der Waals surface area contributed by atoms with Crippen molar-refractivity contribution in [2.45, 2.75) is 20.8 Å². The average molecular weight is 224 g/mol. The second-order valence-electron chi connectivity index (χ2n) is 4.55. The minimum absolute atomic E-state index is 0.146. The Balaban J connectivity index is 2.83. The molecule has 0 spiro atoms. The molecule has 0 fully saturated rings. The molecule has 1 heterocycles. The van der Waals surface area contributed by atoms with Gasteiger partial charge in [-0.3, -0.25) is 0 Å². The predicted molar refractivity (Wildman–Crippen MR) is 61.9 cm³/mol. The number of hydrogen-bond donors (Lipinski definition) is 1. The van der Waals surface area contributed by atoms with Crippen LogP contribution in [0.3, 0.4) is 0 Å². The molecule has 0 bridgehead atoms. The Bertz CT molecular complexity index is 388. The van der Waals surface area contributed by atoms with E-state index in [0.717, 1.165) is 6.54 Å². The summed E-state index contributed by atoms with van der Waals surface area (Å²) < 4.78 is 0. The van der Waals surface area contributed by atoms with E-state index in [1.54, 1.807) is 12.3 Å². The molecule has 80 valence electrons. The number of halogens is 1. The summed E-state index contributed by atoms with van der Waals surface area (Å²) in [5, 5.41) is 12.3. The van der Waals surface area contributed by atoms with Crippen LogP contribution in [-0.2, 0) is 0 Å². The lowest BCUT2D eigenvalue weighted by Gasteiger charge is -2.19. The zero-order valence-electron chi connectivity index (χ0n) is 9.13. The van der Waals surface area contributed by atoms with Gasteiger partial charge in [-0.1, -0.05) is 32.4 Å². The number of anilines is 1. The van der Waals surface area contributed by atoms with Crippen LogP contribution in [-0.4, -0.2) is 11.5 Å². The predicted octanol–water partition coefficient (Wildman–Crippen LogP) is 3.06. The molecule has 3 nitrogen and oxygen atoms in total. The Kier molecular flexibility index (Phi) is 3.54. The third-order valence-corrected chi connectivity index (χ3v) is 2.18. The molecule has 1 aromatic rings. The van der Waals surface area contributed by atoms with Gasteiger partial charge in [0.15, 0.2) is 0 Å². The number of pyridine rings is 1. The molecular weight excluding hydrogens is 210 g/mol. The van der Waals surface area contributed by atoms with Crippen molar-refractivity contribution in [1.82, 2.24) is 4.98 Å². The van der Waals surface area contributed by atoms with Crippen LogP contribution >= 0.6 is 11.6 Å². The van der Waals surface area contributed by atoms with Gasteiger partial charge in [-0.25, -0.2) is 4.98 Å². The van der Waals surface area contributed by atoms with E-state index < -0.39 is 0 Å². The van der Waals surface area contributed by atoms with E-state index >= 15 is 0 Å². The number of rotatable bonds is 2.